The van der Waals surface area contributed by atoms with E-state index in [2.05, 4.69) is 10.0 Å². The van der Waals surface area contributed by atoms with E-state index < -0.39 is 10.0 Å². The molecule has 2 rings (SSSR count). The number of rotatable bonds is 4. The molecule has 1 aromatic carbocycles. The van der Waals surface area contributed by atoms with Gasteiger partial charge in [0.15, 0.2) is 0 Å². The summed E-state index contributed by atoms with van der Waals surface area (Å²) in [5.74, 6) is -0.310. The lowest BCUT2D eigenvalue weighted by molar-refractivity contribution is -0.119. The molecule has 1 aromatic rings. The van der Waals surface area contributed by atoms with Gasteiger partial charge in [0.2, 0.25) is 15.9 Å². The largest absolute Gasteiger partial charge is 0.354 e. The van der Waals surface area contributed by atoms with Gasteiger partial charge in [-0.3, -0.25) is 4.79 Å². The second-order valence-electron chi connectivity index (χ2n) is 4.39. The molecule has 1 saturated heterocycles. The Hall–Kier alpha value is -1.91. The van der Waals surface area contributed by atoms with E-state index in [0.29, 0.717) is 17.7 Å². The standard InChI is InChI=1S/C12H13N3O3S/c13-6-9-1-3-10(4-2-9)8-19(17,18)15-11-5-12(16)14-7-11/h1-4,11,15H,5,7-8H2,(H,14,16). The second kappa shape index (κ2) is 5.38. The molecule has 0 saturated carbocycles. The van der Waals surface area contributed by atoms with Crippen molar-refractivity contribution in [1.29, 1.82) is 5.26 Å². The Balaban J connectivity index is 2.00. The van der Waals surface area contributed by atoms with Gasteiger partial charge in [0.25, 0.3) is 0 Å². The van der Waals surface area contributed by atoms with Crippen molar-refractivity contribution in [1.82, 2.24) is 10.0 Å². The molecule has 0 spiro atoms. The van der Waals surface area contributed by atoms with E-state index >= 15 is 0 Å². The van der Waals surface area contributed by atoms with Gasteiger partial charge in [0.1, 0.15) is 0 Å². The molecular formula is C12H13N3O3S. The predicted octanol–water partition coefficient (Wildman–Crippen LogP) is -0.134. The third-order valence-corrected chi connectivity index (χ3v) is 4.17. The monoisotopic (exact) mass is 279 g/mol. The van der Waals surface area contributed by atoms with Crippen molar-refractivity contribution >= 4 is 15.9 Å². The van der Waals surface area contributed by atoms with Crippen molar-refractivity contribution in [3.05, 3.63) is 35.4 Å². The summed E-state index contributed by atoms with van der Waals surface area (Å²) in [6.07, 6.45) is 0.173. The van der Waals surface area contributed by atoms with E-state index in [1.54, 1.807) is 24.3 Å². The molecule has 1 aliphatic rings. The molecule has 1 amide bonds. The zero-order chi connectivity index (χ0) is 13.9. The van der Waals surface area contributed by atoms with Crippen LogP contribution in [0.15, 0.2) is 24.3 Å². The molecule has 2 N–H and O–H groups in total. The zero-order valence-corrected chi connectivity index (χ0v) is 10.9. The molecule has 1 heterocycles. The highest BCUT2D eigenvalue weighted by atomic mass is 32.2. The van der Waals surface area contributed by atoms with Gasteiger partial charge < -0.3 is 5.32 Å². The summed E-state index contributed by atoms with van der Waals surface area (Å²) in [7, 11) is -3.49. The second-order valence-corrected chi connectivity index (χ2v) is 6.14. The molecular weight excluding hydrogens is 266 g/mol. The van der Waals surface area contributed by atoms with Crippen molar-refractivity contribution in [2.45, 2.75) is 18.2 Å². The van der Waals surface area contributed by atoms with Crippen molar-refractivity contribution in [2.24, 2.45) is 0 Å². The third-order valence-electron chi connectivity index (χ3n) is 2.76. The van der Waals surface area contributed by atoms with Crippen LogP contribution in [0.25, 0.3) is 0 Å². The maximum absolute atomic E-state index is 11.9. The number of hydrogen-bond acceptors (Lipinski definition) is 4. The van der Waals surface area contributed by atoms with Crippen LogP contribution in [0.4, 0.5) is 0 Å². The minimum atomic E-state index is -3.49. The van der Waals surface area contributed by atoms with E-state index in [1.165, 1.54) is 0 Å². The van der Waals surface area contributed by atoms with Crippen molar-refractivity contribution < 1.29 is 13.2 Å². The number of sulfonamides is 1. The predicted molar refractivity (Wildman–Crippen MR) is 68.3 cm³/mol. The average molecular weight is 279 g/mol. The fourth-order valence-electron chi connectivity index (χ4n) is 1.88. The van der Waals surface area contributed by atoms with E-state index in [1.807, 2.05) is 6.07 Å². The Labute approximate surface area is 111 Å². The maximum atomic E-state index is 11.9. The van der Waals surface area contributed by atoms with E-state index in [4.69, 9.17) is 5.26 Å². The fraction of sp³-hybridized carbons (Fsp3) is 0.333. The van der Waals surface area contributed by atoms with Crippen LogP contribution in [0.1, 0.15) is 17.5 Å². The molecule has 7 heteroatoms. The fourth-order valence-corrected chi connectivity index (χ4v) is 3.27. The van der Waals surface area contributed by atoms with Gasteiger partial charge in [-0.05, 0) is 17.7 Å². The normalized spacial score (nSPS) is 18.9. The quantitative estimate of drug-likeness (QED) is 0.801. The Bertz CT molecular complexity index is 617. The summed E-state index contributed by atoms with van der Waals surface area (Å²) in [4.78, 5) is 11.0. The highest BCUT2D eigenvalue weighted by Gasteiger charge is 2.25. The van der Waals surface area contributed by atoms with Crippen LogP contribution in [-0.4, -0.2) is 26.9 Å². The van der Waals surface area contributed by atoms with Gasteiger partial charge in [-0.15, -0.1) is 0 Å². The first-order valence-electron chi connectivity index (χ1n) is 5.74. The molecule has 19 heavy (non-hydrogen) atoms. The maximum Gasteiger partial charge on any atom is 0.221 e. The average Bonchev–Trinajstić information content (AvgIpc) is 2.74. The number of carbonyl (C=O) groups excluding carboxylic acids is 1. The lowest BCUT2D eigenvalue weighted by Crippen LogP contribution is -2.36. The zero-order valence-electron chi connectivity index (χ0n) is 10.1. The van der Waals surface area contributed by atoms with Crippen LogP contribution in [0.5, 0.6) is 0 Å². The molecule has 1 atom stereocenters. The number of carbonyl (C=O) groups is 1. The first-order chi connectivity index (χ1) is 8.98. The highest BCUT2D eigenvalue weighted by molar-refractivity contribution is 7.88. The summed E-state index contributed by atoms with van der Waals surface area (Å²) >= 11 is 0. The summed E-state index contributed by atoms with van der Waals surface area (Å²) in [5, 5.41) is 11.2. The number of hydrogen-bond donors (Lipinski definition) is 2. The van der Waals surface area contributed by atoms with Gasteiger partial charge in [-0.2, -0.15) is 5.26 Å². The van der Waals surface area contributed by atoms with Crippen LogP contribution in [0.2, 0.25) is 0 Å². The topological polar surface area (TPSA) is 99.1 Å². The van der Waals surface area contributed by atoms with Crippen LogP contribution in [0, 0.1) is 11.3 Å². The molecule has 0 radical (unpaired) electrons. The van der Waals surface area contributed by atoms with Crippen molar-refractivity contribution in [3.63, 3.8) is 0 Å². The number of nitrogens with zero attached hydrogens (tertiary/aromatic N) is 1. The van der Waals surface area contributed by atoms with E-state index in [9.17, 15) is 13.2 Å². The molecule has 1 unspecified atom stereocenters. The lowest BCUT2D eigenvalue weighted by Gasteiger charge is -2.11. The van der Waals surface area contributed by atoms with Crippen LogP contribution < -0.4 is 10.0 Å². The van der Waals surface area contributed by atoms with Crippen LogP contribution in [-0.2, 0) is 20.6 Å². The summed E-state index contributed by atoms with van der Waals surface area (Å²) < 4.78 is 26.3. The molecule has 1 fully saturated rings. The smallest absolute Gasteiger partial charge is 0.221 e. The van der Waals surface area contributed by atoms with Crippen molar-refractivity contribution in [3.8, 4) is 6.07 Å². The summed E-state index contributed by atoms with van der Waals surface area (Å²) in [5.41, 5.74) is 1.09. The van der Waals surface area contributed by atoms with Crippen LogP contribution in [0.3, 0.4) is 0 Å². The van der Waals surface area contributed by atoms with Gasteiger partial charge in [-0.25, -0.2) is 13.1 Å². The summed E-state index contributed by atoms with van der Waals surface area (Å²) in [6, 6.07) is 7.95. The van der Waals surface area contributed by atoms with Gasteiger partial charge in [0.05, 0.1) is 17.4 Å². The third kappa shape index (κ3) is 3.77. The van der Waals surface area contributed by atoms with E-state index in [0.717, 1.165) is 0 Å². The van der Waals surface area contributed by atoms with Gasteiger partial charge in [0, 0.05) is 19.0 Å². The first-order valence-corrected chi connectivity index (χ1v) is 7.39. The Morgan fingerprint density at radius 1 is 1.37 bits per heavy atom. The Morgan fingerprint density at radius 3 is 2.58 bits per heavy atom. The molecule has 100 valence electrons. The minimum absolute atomic E-state index is 0.147. The highest BCUT2D eigenvalue weighted by Crippen LogP contribution is 2.09. The Morgan fingerprint density at radius 2 is 2.05 bits per heavy atom. The molecule has 0 aromatic heterocycles. The molecule has 0 bridgehead atoms. The number of benzene rings is 1. The van der Waals surface area contributed by atoms with E-state index in [-0.39, 0.29) is 24.1 Å². The van der Waals surface area contributed by atoms with Crippen LogP contribution >= 0.6 is 0 Å². The molecule has 0 aliphatic carbocycles. The lowest BCUT2D eigenvalue weighted by atomic mass is 10.2. The van der Waals surface area contributed by atoms with Gasteiger partial charge in [-0.1, -0.05) is 12.1 Å². The molecule has 6 nitrogen and oxygen atoms in total. The SMILES string of the molecule is N#Cc1ccc(CS(=O)(=O)NC2CNC(=O)C2)cc1. The Kier molecular flexibility index (Phi) is 3.83. The van der Waals surface area contributed by atoms with Crippen molar-refractivity contribution in [2.75, 3.05) is 6.54 Å². The number of nitriles is 1. The first kappa shape index (κ1) is 13.5. The number of nitrogens with one attached hydrogen (secondary N) is 2. The minimum Gasteiger partial charge on any atom is -0.354 e. The summed E-state index contributed by atoms with van der Waals surface area (Å²) in [6.45, 7) is 0.325. The molecule has 1 aliphatic heterocycles. The number of amides is 1. The van der Waals surface area contributed by atoms with Gasteiger partial charge >= 0.3 is 0 Å².